The zero-order chi connectivity index (χ0) is 38.1. The first kappa shape index (κ1) is 33.5. The molecule has 0 unspecified atom stereocenters. The van der Waals surface area contributed by atoms with Gasteiger partial charge in [-0.05, 0) is 116 Å². The lowest BCUT2D eigenvalue weighted by atomic mass is 9.82. The van der Waals surface area contributed by atoms with Crippen molar-refractivity contribution >= 4 is 50.1 Å². The summed E-state index contributed by atoms with van der Waals surface area (Å²) in [5.74, 6) is 1.08. The lowest BCUT2D eigenvalue weighted by Gasteiger charge is -2.28. The van der Waals surface area contributed by atoms with Crippen LogP contribution in [0.2, 0.25) is 0 Å². The van der Waals surface area contributed by atoms with E-state index in [4.69, 9.17) is 4.42 Å². The number of aryl methyl sites for hydroxylation is 1. The van der Waals surface area contributed by atoms with Gasteiger partial charge in [0.1, 0.15) is 11.3 Å². The lowest BCUT2D eigenvalue weighted by molar-refractivity contribution is 0.545. The van der Waals surface area contributed by atoms with Crippen LogP contribution < -0.4 is 10.2 Å². The van der Waals surface area contributed by atoms with Gasteiger partial charge in [-0.25, -0.2) is 0 Å². The van der Waals surface area contributed by atoms with E-state index in [2.05, 4.69) is 200 Å². The monoisotopic (exact) mass is 734 g/mol. The number of furan rings is 1. The fourth-order valence-electron chi connectivity index (χ4n) is 9.59. The molecule has 1 aromatic heterocycles. The molecule has 7 aromatic carbocycles. The summed E-state index contributed by atoms with van der Waals surface area (Å²) in [4.78, 5) is 2.38. The van der Waals surface area contributed by atoms with Crippen LogP contribution in [0.5, 0.6) is 0 Å². The Morgan fingerprint density at radius 1 is 0.579 bits per heavy atom. The summed E-state index contributed by atoms with van der Waals surface area (Å²) in [7, 11) is 0. The maximum atomic E-state index is 6.81. The second-order valence-corrected chi connectivity index (χ2v) is 16.0. The number of hydrogen-bond acceptors (Lipinski definition) is 3. The molecule has 11 rings (SSSR count). The maximum Gasteiger partial charge on any atom is 0.136 e. The van der Waals surface area contributed by atoms with Gasteiger partial charge in [0.25, 0.3) is 0 Å². The van der Waals surface area contributed by atoms with Crippen molar-refractivity contribution in [2.24, 2.45) is 0 Å². The van der Waals surface area contributed by atoms with Gasteiger partial charge < -0.3 is 14.6 Å². The molecule has 0 amide bonds. The summed E-state index contributed by atoms with van der Waals surface area (Å²) in [5, 5.41) is 7.36. The summed E-state index contributed by atoms with van der Waals surface area (Å²) in [6.45, 7) is 5.47. The number of anilines is 3. The van der Waals surface area contributed by atoms with E-state index in [1.54, 1.807) is 0 Å². The Bertz CT molecular complexity index is 2960. The van der Waals surface area contributed by atoms with E-state index in [0.717, 1.165) is 53.5 Å². The molecule has 0 spiro atoms. The average Bonchev–Trinajstić information content (AvgIpc) is 3.76. The highest BCUT2D eigenvalue weighted by Crippen LogP contribution is 2.51. The van der Waals surface area contributed by atoms with Crippen LogP contribution in [0, 0.1) is 0 Å². The molecule has 0 bridgehead atoms. The number of hydrogen-bond donors (Lipinski definition) is 1. The first-order chi connectivity index (χ1) is 28.0. The predicted octanol–water partition coefficient (Wildman–Crippen LogP) is 13.9. The highest BCUT2D eigenvalue weighted by molar-refractivity contribution is 6.17. The topological polar surface area (TPSA) is 28.4 Å². The van der Waals surface area contributed by atoms with E-state index < -0.39 is 0 Å². The Hall–Kier alpha value is -6.84. The molecule has 2 aliphatic carbocycles. The van der Waals surface area contributed by atoms with E-state index in [0.29, 0.717) is 0 Å². The third-order valence-electron chi connectivity index (χ3n) is 12.4. The molecule has 1 aliphatic heterocycles. The van der Waals surface area contributed by atoms with Crippen LogP contribution in [0.4, 0.5) is 17.1 Å². The van der Waals surface area contributed by atoms with Crippen molar-refractivity contribution in [2.45, 2.75) is 32.1 Å². The number of rotatable bonds is 6. The van der Waals surface area contributed by atoms with E-state index in [1.165, 1.54) is 71.8 Å². The van der Waals surface area contributed by atoms with Crippen molar-refractivity contribution in [3.63, 3.8) is 0 Å². The molecule has 8 aromatic rings. The average molecular weight is 735 g/mol. The zero-order valence-corrected chi connectivity index (χ0v) is 32.2. The summed E-state index contributed by atoms with van der Waals surface area (Å²) in [6, 6.07) is 57.3. The Kier molecular flexibility index (Phi) is 7.72. The van der Waals surface area contributed by atoms with E-state index in [1.807, 2.05) is 0 Å². The zero-order valence-electron chi connectivity index (χ0n) is 32.2. The first-order valence-electron chi connectivity index (χ1n) is 20.1. The summed E-state index contributed by atoms with van der Waals surface area (Å²) < 4.78 is 6.81. The third kappa shape index (κ3) is 5.41. The molecule has 3 nitrogen and oxygen atoms in total. The van der Waals surface area contributed by atoms with Crippen molar-refractivity contribution in [3.05, 3.63) is 210 Å². The van der Waals surface area contributed by atoms with E-state index >= 15 is 0 Å². The number of fused-ring (bicyclic) bond motifs is 8. The molecule has 274 valence electrons. The molecule has 0 saturated carbocycles. The molecule has 0 radical (unpaired) electrons. The molecule has 0 fully saturated rings. The van der Waals surface area contributed by atoms with Crippen LogP contribution >= 0.6 is 0 Å². The Morgan fingerprint density at radius 3 is 2.05 bits per heavy atom. The fourth-order valence-corrected chi connectivity index (χ4v) is 9.59. The molecule has 1 N–H and O–H groups in total. The smallest absolute Gasteiger partial charge is 0.136 e. The minimum absolute atomic E-state index is 0.0807. The predicted molar refractivity (Wildman–Crippen MR) is 238 cm³/mol. The number of allylic oxidation sites excluding steroid dienone is 3. The van der Waals surface area contributed by atoms with Gasteiger partial charge in [-0.2, -0.15) is 0 Å². The number of benzene rings is 7. The molecule has 0 saturated heterocycles. The molecule has 3 heteroatoms. The SMILES string of the molecule is CC1(C)c2ccccc2-c2ccc(N(c3ccccc3)c3ccc(-c4cc5oc6c(c5c5ccccc45)C(C4=CC=C(c5ccccc5)NC4)=CCC6)cc3)cc21. The minimum atomic E-state index is -0.0807. The Morgan fingerprint density at radius 2 is 1.26 bits per heavy atom. The normalized spacial score (nSPS) is 15.2. The van der Waals surface area contributed by atoms with Crippen molar-refractivity contribution < 1.29 is 4.42 Å². The van der Waals surface area contributed by atoms with Gasteiger partial charge in [-0.1, -0.05) is 141 Å². The number of dihydropyridines is 1. The summed E-state index contributed by atoms with van der Waals surface area (Å²) >= 11 is 0. The number of nitrogens with one attached hydrogen (secondary N) is 1. The summed E-state index contributed by atoms with van der Waals surface area (Å²) in [6.07, 6.45) is 8.78. The largest absolute Gasteiger partial charge is 0.460 e. The van der Waals surface area contributed by atoms with Crippen LogP contribution in [0.15, 0.2) is 186 Å². The van der Waals surface area contributed by atoms with Gasteiger partial charge in [0.05, 0.1) is 0 Å². The third-order valence-corrected chi connectivity index (χ3v) is 12.4. The van der Waals surface area contributed by atoms with E-state index in [-0.39, 0.29) is 5.41 Å². The van der Waals surface area contributed by atoms with Gasteiger partial charge >= 0.3 is 0 Å². The van der Waals surface area contributed by atoms with Crippen LogP contribution in [-0.2, 0) is 11.8 Å². The van der Waals surface area contributed by atoms with Gasteiger partial charge in [0.15, 0.2) is 0 Å². The Balaban J connectivity index is 0.988. The molecular formula is C54H42N2O. The lowest BCUT2D eigenvalue weighted by Crippen LogP contribution is -2.20. The van der Waals surface area contributed by atoms with Gasteiger partial charge in [-0.15, -0.1) is 0 Å². The summed E-state index contributed by atoms with van der Waals surface area (Å²) in [5.41, 5.74) is 18.2. The molecule has 3 aliphatic rings. The van der Waals surface area contributed by atoms with Crippen LogP contribution in [0.3, 0.4) is 0 Å². The molecule has 2 heterocycles. The van der Waals surface area contributed by atoms with Crippen LogP contribution in [-0.4, -0.2) is 6.54 Å². The van der Waals surface area contributed by atoms with Gasteiger partial charge in [-0.3, -0.25) is 0 Å². The number of para-hydroxylation sites is 1. The van der Waals surface area contributed by atoms with Crippen LogP contribution in [0.1, 0.15) is 48.3 Å². The quantitative estimate of drug-likeness (QED) is 0.184. The standard InChI is InChI=1S/C54H42N2O/c1-54(2)47-22-12-11-19-43(47)44-30-29-40(32-48(44)54)56(38-16-7-4-8-17-38)39-27-24-35(25-28-39)46-33-51-53(45-20-10-9-18-42(45)46)52-41(21-13-23-50(52)57-51)37-26-31-49(55-34-37)36-14-5-3-6-15-36/h3-12,14-22,24-33,55H,13,23,34H2,1-2H3. The van der Waals surface area contributed by atoms with E-state index in [9.17, 15) is 0 Å². The van der Waals surface area contributed by atoms with Crippen molar-refractivity contribution in [1.82, 2.24) is 5.32 Å². The van der Waals surface area contributed by atoms with Gasteiger partial charge in [0, 0.05) is 52.1 Å². The second kappa shape index (κ2) is 13.1. The first-order valence-corrected chi connectivity index (χ1v) is 20.1. The highest BCUT2D eigenvalue weighted by atomic mass is 16.3. The van der Waals surface area contributed by atoms with Crippen LogP contribution in [0.25, 0.3) is 55.3 Å². The number of nitrogens with zero attached hydrogens (tertiary/aromatic N) is 1. The molecule has 57 heavy (non-hydrogen) atoms. The highest BCUT2D eigenvalue weighted by Gasteiger charge is 2.36. The molecular weight excluding hydrogens is 693 g/mol. The molecule has 0 atom stereocenters. The van der Waals surface area contributed by atoms with Crippen molar-refractivity contribution in [1.29, 1.82) is 0 Å². The van der Waals surface area contributed by atoms with Crippen molar-refractivity contribution in [3.8, 4) is 22.3 Å². The Labute approximate surface area is 333 Å². The van der Waals surface area contributed by atoms with Gasteiger partial charge in [0.2, 0.25) is 0 Å². The van der Waals surface area contributed by atoms with Crippen molar-refractivity contribution in [2.75, 3.05) is 11.4 Å². The minimum Gasteiger partial charge on any atom is -0.460 e. The maximum absolute atomic E-state index is 6.81. The second-order valence-electron chi connectivity index (χ2n) is 16.0. The fraction of sp³-hybridized carbons (Fsp3) is 0.111.